The molecule has 3 heteroatoms. The van der Waals surface area contributed by atoms with E-state index in [0.29, 0.717) is 5.95 Å². The molecular formula is C39H25N3. The van der Waals surface area contributed by atoms with E-state index in [-0.39, 0.29) is 5.41 Å². The third kappa shape index (κ3) is 2.58. The van der Waals surface area contributed by atoms with Crippen LogP contribution in [0.4, 0.5) is 0 Å². The first-order valence-corrected chi connectivity index (χ1v) is 14.6. The van der Waals surface area contributed by atoms with Crippen molar-refractivity contribution in [3.63, 3.8) is 0 Å². The molecule has 0 aliphatic heterocycles. The molecule has 6 aromatic carbocycles. The number of hydrogen-bond acceptors (Lipinski definition) is 2. The van der Waals surface area contributed by atoms with Gasteiger partial charge in [0.05, 0.1) is 22.2 Å². The van der Waals surface area contributed by atoms with Crippen LogP contribution in [0.15, 0.2) is 115 Å². The van der Waals surface area contributed by atoms with Crippen molar-refractivity contribution in [2.24, 2.45) is 0 Å². The van der Waals surface area contributed by atoms with E-state index in [1.807, 2.05) is 0 Å². The monoisotopic (exact) mass is 535 g/mol. The Morgan fingerprint density at radius 2 is 1.12 bits per heavy atom. The minimum Gasteiger partial charge on any atom is -0.278 e. The summed E-state index contributed by atoms with van der Waals surface area (Å²) in [6, 6.07) is 42.0. The second-order valence-corrected chi connectivity index (χ2v) is 12.2. The second kappa shape index (κ2) is 7.51. The molecule has 196 valence electrons. The van der Waals surface area contributed by atoms with Crippen molar-refractivity contribution in [1.29, 1.82) is 0 Å². The molecule has 2 aromatic heterocycles. The van der Waals surface area contributed by atoms with Gasteiger partial charge in [0.25, 0.3) is 0 Å². The van der Waals surface area contributed by atoms with Crippen molar-refractivity contribution in [1.82, 2.24) is 14.5 Å². The van der Waals surface area contributed by atoms with E-state index >= 15 is 0 Å². The summed E-state index contributed by atoms with van der Waals surface area (Å²) in [6.45, 7) is 4.62. The average Bonchev–Trinajstić information content (AvgIpc) is 3.31. The summed E-state index contributed by atoms with van der Waals surface area (Å²) in [6.07, 6.45) is 0. The number of hydrogen-bond donors (Lipinski definition) is 0. The standard InChI is InChI=1S/C39H25N3/c1-39(2)28-16-6-5-13-27(28)37-35-29(39)17-9-18-30(35)40-38(41-37)42-31-19-8-15-26-24-12-4-3-11-23(24)25-14-7-10-22-20-21-32(42)36(33(22)25)34(26)31/h3-21H,1-2H3. The lowest BCUT2D eigenvalue weighted by atomic mass is 9.70. The molecule has 0 fully saturated rings. The van der Waals surface area contributed by atoms with E-state index in [2.05, 4.69) is 134 Å². The molecule has 0 unspecified atom stereocenters. The topological polar surface area (TPSA) is 30.7 Å². The quantitative estimate of drug-likeness (QED) is 0.209. The van der Waals surface area contributed by atoms with Crippen LogP contribution in [0.25, 0.3) is 82.9 Å². The highest BCUT2D eigenvalue weighted by Crippen LogP contribution is 2.51. The van der Waals surface area contributed by atoms with Crippen molar-refractivity contribution >= 4 is 43.5 Å². The first kappa shape index (κ1) is 22.4. The van der Waals surface area contributed by atoms with Crippen molar-refractivity contribution < 1.29 is 0 Å². The summed E-state index contributed by atoms with van der Waals surface area (Å²) in [5.74, 6) is 0.715. The Kier molecular flexibility index (Phi) is 4.01. The molecule has 2 heterocycles. The van der Waals surface area contributed by atoms with Gasteiger partial charge in [-0.05, 0) is 62.4 Å². The Hall–Kier alpha value is -5.28. The molecule has 2 aliphatic rings. The van der Waals surface area contributed by atoms with Crippen LogP contribution in [0, 0.1) is 0 Å². The number of fused-ring (bicyclic) bond motifs is 5. The second-order valence-electron chi connectivity index (χ2n) is 12.2. The number of benzene rings is 6. The number of aromatic nitrogens is 3. The largest absolute Gasteiger partial charge is 0.278 e. The maximum atomic E-state index is 5.43. The molecule has 0 radical (unpaired) electrons. The van der Waals surface area contributed by atoms with E-state index in [9.17, 15) is 0 Å². The van der Waals surface area contributed by atoms with Crippen LogP contribution in [0.3, 0.4) is 0 Å². The molecule has 8 aromatic rings. The Labute approximate surface area is 242 Å². The zero-order chi connectivity index (χ0) is 27.7. The van der Waals surface area contributed by atoms with E-state index in [1.54, 1.807) is 0 Å². The van der Waals surface area contributed by atoms with Gasteiger partial charge >= 0.3 is 0 Å². The van der Waals surface area contributed by atoms with Gasteiger partial charge < -0.3 is 0 Å². The molecule has 0 N–H and O–H groups in total. The fourth-order valence-electron chi connectivity index (χ4n) is 7.91. The minimum atomic E-state index is -0.130. The summed E-state index contributed by atoms with van der Waals surface area (Å²) in [7, 11) is 0. The van der Waals surface area contributed by atoms with E-state index in [1.165, 1.54) is 60.5 Å². The lowest BCUT2D eigenvalue weighted by Gasteiger charge is -2.34. The van der Waals surface area contributed by atoms with Gasteiger partial charge in [-0.15, -0.1) is 0 Å². The molecular weight excluding hydrogens is 510 g/mol. The molecule has 0 saturated carbocycles. The summed E-state index contributed by atoms with van der Waals surface area (Å²) in [5.41, 5.74) is 13.0. The first-order chi connectivity index (χ1) is 20.6. The van der Waals surface area contributed by atoms with Gasteiger partial charge in [-0.2, -0.15) is 0 Å². The molecule has 0 amide bonds. The first-order valence-electron chi connectivity index (χ1n) is 14.6. The van der Waals surface area contributed by atoms with Gasteiger partial charge in [-0.1, -0.05) is 111 Å². The fraction of sp³-hybridized carbons (Fsp3) is 0.0769. The minimum absolute atomic E-state index is 0.130. The Balaban J connectivity index is 1.40. The average molecular weight is 536 g/mol. The zero-order valence-electron chi connectivity index (χ0n) is 23.3. The predicted octanol–water partition coefficient (Wildman–Crippen LogP) is 9.83. The fourth-order valence-corrected chi connectivity index (χ4v) is 7.91. The van der Waals surface area contributed by atoms with Gasteiger partial charge in [-0.3, -0.25) is 4.57 Å². The maximum Gasteiger partial charge on any atom is 0.235 e. The van der Waals surface area contributed by atoms with Crippen LogP contribution in [0.2, 0.25) is 0 Å². The SMILES string of the molecule is CC1(C)c2ccccc2-c2nc(-n3c4cccc5c4c4c6c(cccc6ccc43)-c3ccccc3-5)nc3cccc1c23. The zero-order valence-corrected chi connectivity index (χ0v) is 23.3. The lowest BCUT2D eigenvalue weighted by molar-refractivity contribution is 0.643. The number of rotatable bonds is 1. The van der Waals surface area contributed by atoms with Crippen LogP contribution >= 0.6 is 0 Å². The molecule has 2 aliphatic carbocycles. The smallest absolute Gasteiger partial charge is 0.235 e. The Morgan fingerprint density at radius 1 is 0.476 bits per heavy atom. The summed E-state index contributed by atoms with van der Waals surface area (Å²) >= 11 is 0. The predicted molar refractivity (Wildman–Crippen MR) is 173 cm³/mol. The van der Waals surface area contributed by atoms with Gasteiger partial charge in [0, 0.05) is 27.1 Å². The highest BCUT2D eigenvalue weighted by Gasteiger charge is 2.35. The van der Waals surface area contributed by atoms with E-state index in [0.717, 1.165) is 27.6 Å². The van der Waals surface area contributed by atoms with Crippen molar-refractivity contribution in [3.05, 3.63) is 126 Å². The van der Waals surface area contributed by atoms with Crippen LogP contribution in [0.5, 0.6) is 0 Å². The number of nitrogens with zero attached hydrogens (tertiary/aromatic N) is 3. The summed E-state index contributed by atoms with van der Waals surface area (Å²) in [4.78, 5) is 10.7. The molecule has 0 saturated heterocycles. The third-order valence-corrected chi connectivity index (χ3v) is 9.75. The van der Waals surface area contributed by atoms with Crippen LogP contribution in [0.1, 0.15) is 25.0 Å². The van der Waals surface area contributed by atoms with Gasteiger partial charge in [-0.25, -0.2) is 9.97 Å². The van der Waals surface area contributed by atoms with Crippen molar-refractivity contribution in [2.45, 2.75) is 19.3 Å². The van der Waals surface area contributed by atoms with Crippen LogP contribution < -0.4 is 0 Å². The molecule has 0 spiro atoms. The summed E-state index contributed by atoms with van der Waals surface area (Å²) < 4.78 is 2.29. The molecule has 42 heavy (non-hydrogen) atoms. The van der Waals surface area contributed by atoms with Crippen LogP contribution in [-0.4, -0.2) is 14.5 Å². The molecule has 10 rings (SSSR count). The lowest BCUT2D eigenvalue weighted by Crippen LogP contribution is -2.24. The maximum absolute atomic E-state index is 5.43. The molecule has 3 nitrogen and oxygen atoms in total. The van der Waals surface area contributed by atoms with Crippen molar-refractivity contribution in [2.75, 3.05) is 0 Å². The highest BCUT2D eigenvalue weighted by molar-refractivity contribution is 6.30. The van der Waals surface area contributed by atoms with Gasteiger partial charge in [0.15, 0.2) is 0 Å². The van der Waals surface area contributed by atoms with Crippen LogP contribution in [-0.2, 0) is 5.41 Å². The highest BCUT2D eigenvalue weighted by atomic mass is 15.2. The van der Waals surface area contributed by atoms with Gasteiger partial charge in [0.2, 0.25) is 5.95 Å². The normalized spacial score (nSPS) is 14.1. The van der Waals surface area contributed by atoms with E-state index in [4.69, 9.17) is 9.97 Å². The Morgan fingerprint density at radius 3 is 1.95 bits per heavy atom. The molecule has 0 atom stereocenters. The van der Waals surface area contributed by atoms with Gasteiger partial charge in [0.1, 0.15) is 0 Å². The summed E-state index contributed by atoms with van der Waals surface area (Å²) in [5, 5.41) is 6.25. The molecule has 0 bridgehead atoms. The third-order valence-electron chi connectivity index (χ3n) is 9.75. The Bertz CT molecular complexity index is 2500. The van der Waals surface area contributed by atoms with Crippen molar-refractivity contribution in [3.8, 4) is 39.5 Å². The van der Waals surface area contributed by atoms with E-state index < -0.39 is 0 Å².